The van der Waals surface area contributed by atoms with Gasteiger partial charge in [-0.1, -0.05) is 12.1 Å². The molecular formula is C23H22F2N2O6S. The van der Waals surface area contributed by atoms with Gasteiger partial charge in [-0.25, -0.2) is 13.8 Å². The highest BCUT2D eigenvalue weighted by Crippen LogP contribution is 2.33. The van der Waals surface area contributed by atoms with Crippen LogP contribution in [0.5, 0.6) is 11.5 Å². The van der Waals surface area contributed by atoms with Crippen LogP contribution in [0.2, 0.25) is 0 Å². The molecule has 1 N–H and O–H groups in total. The Labute approximate surface area is 198 Å². The fourth-order valence-corrected chi connectivity index (χ4v) is 3.73. The summed E-state index contributed by atoms with van der Waals surface area (Å²) in [5, 5.41) is 11.1. The quantitative estimate of drug-likeness (QED) is 0.434. The van der Waals surface area contributed by atoms with Crippen LogP contribution in [0.1, 0.15) is 15.5 Å². The second kappa shape index (κ2) is 11.5. The third-order valence-electron chi connectivity index (χ3n) is 4.72. The lowest BCUT2D eigenvalue weighted by atomic mass is 10.0. The summed E-state index contributed by atoms with van der Waals surface area (Å²) in [6.45, 7) is -0.0466. The first-order valence-electron chi connectivity index (χ1n) is 10.0. The lowest BCUT2D eigenvalue weighted by Gasteiger charge is -2.18. The number of ether oxygens (including phenoxy) is 3. The molecule has 0 bridgehead atoms. The lowest BCUT2D eigenvalue weighted by Crippen LogP contribution is -2.38. The maximum absolute atomic E-state index is 13.7. The van der Waals surface area contributed by atoms with Crippen LogP contribution in [-0.2, 0) is 16.1 Å². The highest BCUT2D eigenvalue weighted by Gasteiger charge is 2.21. The van der Waals surface area contributed by atoms with E-state index in [0.29, 0.717) is 21.9 Å². The highest BCUT2D eigenvalue weighted by molar-refractivity contribution is 7.09. The largest absolute Gasteiger partial charge is 0.496 e. The molecule has 2 aromatic carbocycles. The van der Waals surface area contributed by atoms with Gasteiger partial charge in [-0.15, -0.1) is 11.3 Å². The molecule has 0 atom stereocenters. The molecule has 0 fully saturated rings. The molecule has 34 heavy (non-hydrogen) atoms. The molecule has 0 unspecified atom stereocenters. The van der Waals surface area contributed by atoms with Gasteiger partial charge in [-0.2, -0.15) is 0 Å². The van der Waals surface area contributed by atoms with Crippen molar-refractivity contribution in [2.45, 2.75) is 6.61 Å². The Morgan fingerprint density at radius 1 is 1.12 bits per heavy atom. The van der Waals surface area contributed by atoms with Crippen molar-refractivity contribution in [1.29, 1.82) is 0 Å². The van der Waals surface area contributed by atoms with E-state index in [1.165, 1.54) is 25.6 Å². The Kier molecular flexibility index (Phi) is 8.50. The fraction of sp³-hybridized carbons (Fsp3) is 0.261. The van der Waals surface area contributed by atoms with Crippen LogP contribution in [0.4, 0.5) is 8.78 Å². The van der Waals surface area contributed by atoms with Gasteiger partial charge in [0.25, 0.3) is 5.91 Å². The lowest BCUT2D eigenvalue weighted by molar-refractivity contribution is -0.137. The molecule has 3 aromatic rings. The second-order valence-corrected chi connectivity index (χ2v) is 7.96. The van der Waals surface area contributed by atoms with E-state index in [4.69, 9.17) is 19.3 Å². The number of amides is 1. The molecule has 0 aliphatic rings. The smallest absolute Gasteiger partial charge is 0.323 e. The Hall–Kier alpha value is -3.57. The molecule has 0 aliphatic carbocycles. The Balaban J connectivity index is 1.65. The summed E-state index contributed by atoms with van der Waals surface area (Å²) >= 11 is 1.21. The standard InChI is InChI=1S/C23H22F2N2O6S/c1-31-8-7-27(11-22(28)29)23(30)19-13-34-21(26-19)12-33-15-5-3-14(4-6-15)16-9-17(24)18(25)10-20(16)32-2/h3-6,9-10,13H,7-8,11-12H2,1-2H3,(H,28,29). The molecule has 0 aliphatic heterocycles. The van der Waals surface area contributed by atoms with Crippen LogP contribution in [0.15, 0.2) is 41.8 Å². The summed E-state index contributed by atoms with van der Waals surface area (Å²) in [5.74, 6) is -2.91. The molecule has 0 radical (unpaired) electrons. The first-order valence-corrected chi connectivity index (χ1v) is 10.9. The third kappa shape index (κ3) is 6.27. The number of aliphatic carboxylic acids is 1. The second-order valence-electron chi connectivity index (χ2n) is 7.02. The fourth-order valence-electron chi connectivity index (χ4n) is 3.05. The molecule has 0 spiro atoms. The van der Waals surface area contributed by atoms with Crippen molar-refractivity contribution in [3.63, 3.8) is 0 Å². The molecule has 1 amide bonds. The van der Waals surface area contributed by atoms with Crippen LogP contribution in [0.25, 0.3) is 11.1 Å². The first kappa shape index (κ1) is 25.1. The summed E-state index contributed by atoms with van der Waals surface area (Å²) < 4.78 is 42.9. The number of nitrogens with zero attached hydrogens (tertiary/aromatic N) is 2. The van der Waals surface area contributed by atoms with Crippen LogP contribution >= 0.6 is 11.3 Å². The predicted octanol–water partition coefficient (Wildman–Crippen LogP) is 3.85. The molecule has 8 nitrogen and oxygen atoms in total. The monoisotopic (exact) mass is 492 g/mol. The van der Waals surface area contributed by atoms with E-state index in [2.05, 4.69) is 4.98 Å². The summed E-state index contributed by atoms with van der Waals surface area (Å²) in [6, 6.07) is 8.74. The number of carbonyl (C=O) groups excluding carboxylic acids is 1. The van der Waals surface area contributed by atoms with E-state index >= 15 is 0 Å². The average Bonchev–Trinajstić information content (AvgIpc) is 3.30. The van der Waals surface area contributed by atoms with Gasteiger partial charge in [0.2, 0.25) is 0 Å². The van der Waals surface area contributed by atoms with Crippen molar-refractivity contribution in [1.82, 2.24) is 9.88 Å². The molecular weight excluding hydrogens is 470 g/mol. The van der Waals surface area contributed by atoms with Crippen LogP contribution in [-0.4, -0.2) is 60.8 Å². The number of thiazole rings is 1. The van der Waals surface area contributed by atoms with Crippen molar-refractivity contribution in [2.75, 3.05) is 33.9 Å². The minimum atomic E-state index is -1.13. The molecule has 11 heteroatoms. The van der Waals surface area contributed by atoms with E-state index in [1.807, 2.05) is 0 Å². The van der Waals surface area contributed by atoms with Crippen molar-refractivity contribution >= 4 is 23.2 Å². The third-order valence-corrected chi connectivity index (χ3v) is 5.54. The zero-order chi connectivity index (χ0) is 24.7. The summed E-state index contributed by atoms with van der Waals surface area (Å²) in [6.07, 6.45) is 0. The number of carboxylic acid groups (broad SMARTS) is 1. The Morgan fingerprint density at radius 2 is 1.82 bits per heavy atom. The molecule has 180 valence electrons. The average molecular weight is 493 g/mol. The van der Waals surface area contributed by atoms with Crippen molar-refractivity contribution in [3.05, 3.63) is 64.1 Å². The molecule has 1 heterocycles. The summed E-state index contributed by atoms with van der Waals surface area (Å²) in [4.78, 5) is 29.0. The zero-order valence-corrected chi connectivity index (χ0v) is 19.2. The molecule has 1 aromatic heterocycles. The van der Waals surface area contributed by atoms with Gasteiger partial charge in [-0.3, -0.25) is 9.59 Å². The van der Waals surface area contributed by atoms with Gasteiger partial charge in [-0.05, 0) is 23.8 Å². The van der Waals surface area contributed by atoms with Crippen molar-refractivity contribution in [2.24, 2.45) is 0 Å². The van der Waals surface area contributed by atoms with Crippen molar-refractivity contribution in [3.8, 4) is 22.6 Å². The number of carbonyl (C=O) groups is 2. The molecule has 0 saturated carbocycles. The van der Waals surface area contributed by atoms with Gasteiger partial charge in [0.15, 0.2) is 11.6 Å². The minimum Gasteiger partial charge on any atom is -0.496 e. The van der Waals surface area contributed by atoms with E-state index in [-0.39, 0.29) is 31.2 Å². The predicted molar refractivity (Wildman–Crippen MR) is 120 cm³/mol. The van der Waals surface area contributed by atoms with Gasteiger partial charge in [0.1, 0.15) is 35.4 Å². The first-order chi connectivity index (χ1) is 16.3. The number of methoxy groups -OCH3 is 2. The SMILES string of the molecule is COCCN(CC(=O)O)C(=O)c1csc(COc2ccc(-c3cc(F)c(F)cc3OC)cc2)n1. The normalized spacial score (nSPS) is 10.7. The molecule has 3 rings (SSSR count). The zero-order valence-electron chi connectivity index (χ0n) is 18.4. The maximum atomic E-state index is 13.7. The van der Waals surface area contributed by atoms with Gasteiger partial charge in [0, 0.05) is 30.7 Å². The van der Waals surface area contributed by atoms with Gasteiger partial charge in [0.05, 0.1) is 13.7 Å². The van der Waals surface area contributed by atoms with Crippen LogP contribution in [0.3, 0.4) is 0 Å². The topological polar surface area (TPSA) is 98.2 Å². The number of rotatable bonds is 11. The number of hydrogen-bond donors (Lipinski definition) is 1. The van der Waals surface area contributed by atoms with Gasteiger partial charge < -0.3 is 24.2 Å². The van der Waals surface area contributed by atoms with Crippen LogP contribution < -0.4 is 9.47 Å². The maximum Gasteiger partial charge on any atom is 0.323 e. The number of benzene rings is 2. The van der Waals surface area contributed by atoms with Gasteiger partial charge >= 0.3 is 5.97 Å². The van der Waals surface area contributed by atoms with Crippen molar-refractivity contribution < 1.29 is 37.7 Å². The van der Waals surface area contributed by atoms with E-state index < -0.39 is 30.1 Å². The van der Waals surface area contributed by atoms with E-state index in [1.54, 1.807) is 29.6 Å². The number of halogens is 2. The Morgan fingerprint density at radius 3 is 2.47 bits per heavy atom. The summed E-state index contributed by atoms with van der Waals surface area (Å²) in [5.41, 5.74) is 1.14. The van der Waals surface area contributed by atoms with Crippen LogP contribution in [0, 0.1) is 11.6 Å². The number of aromatic nitrogens is 1. The Bertz CT molecular complexity index is 1150. The minimum absolute atomic E-state index is 0.0861. The van der Waals surface area contributed by atoms with E-state index in [9.17, 15) is 18.4 Å². The molecule has 0 saturated heterocycles. The number of carboxylic acids is 1. The number of hydrogen-bond acceptors (Lipinski definition) is 7. The highest BCUT2D eigenvalue weighted by atomic mass is 32.1. The summed E-state index contributed by atoms with van der Waals surface area (Å²) in [7, 11) is 2.84. The van der Waals surface area contributed by atoms with E-state index in [0.717, 1.165) is 17.0 Å².